The van der Waals surface area contributed by atoms with Crippen LogP contribution < -0.4 is 18.9 Å². The number of hydrogen-bond donors (Lipinski definition) is 8. The first-order valence-corrected chi connectivity index (χ1v) is 13.5. The van der Waals surface area contributed by atoms with Gasteiger partial charge in [-0.3, -0.25) is 4.79 Å². The molecule has 5 rings (SSSR count). The maximum Gasteiger partial charge on any atom is 0.230 e. The van der Waals surface area contributed by atoms with Crippen molar-refractivity contribution in [2.24, 2.45) is 0 Å². The zero-order valence-electron chi connectivity index (χ0n) is 23.6. The van der Waals surface area contributed by atoms with Crippen molar-refractivity contribution in [2.75, 3.05) is 34.0 Å². The number of rotatable bonds is 9. The van der Waals surface area contributed by atoms with Crippen LogP contribution in [0.15, 0.2) is 24.3 Å². The van der Waals surface area contributed by atoms with E-state index in [0.29, 0.717) is 5.56 Å². The Morgan fingerprint density at radius 3 is 2.36 bits per heavy atom. The van der Waals surface area contributed by atoms with Gasteiger partial charge in [-0.2, -0.15) is 0 Å². The molecule has 0 bridgehead atoms. The van der Waals surface area contributed by atoms with Crippen LogP contribution in [0.2, 0.25) is 0 Å². The van der Waals surface area contributed by atoms with Crippen molar-refractivity contribution in [3.05, 3.63) is 35.4 Å². The Kier molecular flexibility index (Phi) is 9.08. The third-order valence-corrected chi connectivity index (χ3v) is 7.79. The van der Waals surface area contributed by atoms with Gasteiger partial charge in [0, 0.05) is 17.7 Å². The van der Waals surface area contributed by atoms with Gasteiger partial charge >= 0.3 is 0 Å². The average Bonchev–Trinajstić information content (AvgIpc) is 3.29. The van der Waals surface area contributed by atoms with Gasteiger partial charge in [0.2, 0.25) is 12.0 Å². The Hall–Kier alpha value is -3.45. The minimum Gasteiger partial charge on any atom is -0.507 e. The number of hydrogen-bond acceptors (Lipinski definition) is 16. The molecule has 0 aliphatic carbocycles. The summed E-state index contributed by atoms with van der Waals surface area (Å²) in [6.45, 7) is -2.11. The molecule has 3 aliphatic heterocycles. The molecule has 242 valence electrons. The van der Waals surface area contributed by atoms with Crippen molar-refractivity contribution < 1.29 is 78.8 Å². The summed E-state index contributed by atoms with van der Waals surface area (Å²) in [7, 11) is 2.65. The minimum atomic E-state index is -2.06. The van der Waals surface area contributed by atoms with Gasteiger partial charge in [-0.1, -0.05) is 0 Å². The molecule has 16 nitrogen and oxygen atoms in total. The number of Topliss-reactive ketones (excluding diaryl/α,β-unsaturated/α-hetero) is 1. The molecule has 9 atom stereocenters. The Morgan fingerprint density at radius 1 is 0.977 bits per heavy atom. The Morgan fingerprint density at radius 2 is 1.73 bits per heavy atom. The maximum atomic E-state index is 12.9. The molecule has 0 aromatic heterocycles. The fourth-order valence-electron chi connectivity index (χ4n) is 5.26. The van der Waals surface area contributed by atoms with Gasteiger partial charge < -0.3 is 74.0 Å². The number of ketones is 1. The minimum absolute atomic E-state index is 0.00773. The standard InChI is InChI=1S/C28H34O16/c1-38-12-5-13(31)20-14(32)7-16(41-17(20)6-12)11-3-15(33)23(18(4-11)39-2)43-26-24(22(35)21(34)19(8-29)42-26)44-27-25(36)28(37,9-30)10-40-27/h3-6,16,19,21-22,24-27,29-31,33-37H,7-10H2,1-2H3/t16-,19+,21+,22-,24+,25-,26-,27-,28+/m0/s1. The molecule has 0 unspecified atom stereocenters. The Balaban J connectivity index is 1.42. The van der Waals surface area contributed by atoms with Crippen molar-refractivity contribution in [3.8, 4) is 34.5 Å². The molecule has 16 heteroatoms. The molecule has 0 saturated carbocycles. The number of carbonyl (C=O) groups is 1. The zero-order chi connectivity index (χ0) is 31.9. The Labute approximate surface area is 250 Å². The lowest BCUT2D eigenvalue weighted by molar-refractivity contribution is -0.319. The van der Waals surface area contributed by atoms with Crippen LogP contribution >= 0.6 is 0 Å². The first kappa shape index (κ1) is 32.0. The smallest absolute Gasteiger partial charge is 0.230 e. The van der Waals surface area contributed by atoms with Crippen molar-refractivity contribution in [1.29, 1.82) is 0 Å². The van der Waals surface area contributed by atoms with Crippen LogP contribution in [0.5, 0.6) is 34.5 Å². The van der Waals surface area contributed by atoms with Gasteiger partial charge in [-0.05, 0) is 12.1 Å². The lowest BCUT2D eigenvalue weighted by atomic mass is 9.95. The predicted octanol–water partition coefficient (Wildman–Crippen LogP) is -1.53. The largest absolute Gasteiger partial charge is 0.507 e. The molecule has 0 spiro atoms. The second kappa shape index (κ2) is 12.5. The van der Waals surface area contributed by atoms with Crippen LogP contribution in [0.25, 0.3) is 0 Å². The number of phenolic OH excluding ortho intramolecular Hbond substituents is 2. The second-order valence-electron chi connectivity index (χ2n) is 10.6. The summed E-state index contributed by atoms with van der Waals surface area (Å²) >= 11 is 0. The van der Waals surface area contributed by atoms with E-state index in [-0.39, 0.29) is 40.7 Å². The van der Waals surface area contributed by atoms with E-state index in [4.69, 9.17) is 33.2 Å². The normalized spacial score (nSPS) is 33.4. The highest BCUT2D eigenvalue weighted by Gasteiger charge is 2.53. The second-order valence-corrected chi connectivity index (χ2v) is 10.6. The zero-order valence-corrected chi connectivity index (χ0v) is 23.6. The third kappa shape index (κ3) is 5.71. The molecule has 2 saturated heterocycles. The lowest BCUT2D eigenvalue weighted by Gasteiger charge is -2.42. The molecule has 0 radical (unpaired) electrons. The van der Waals surface area contributed by atoms with E-state index < -0.39 is 86.2 Å². The van der Waals surface area contributed by atoms with Gasteiger partial charge in [0.25, 0.3) is 0 Å². The van der Waals surface area contributed by atoms with Crippen LogP contribution in [0.3, 0.4) is 0 Å². The van der Waals surface area contributed by atoms with Gasteiger partial charge in [-0.25, -0.2) is 0 Å². The molecule has 2 aromatic rings. The van der Waals surface area contributed by atoms with Crippen molar-refractivity contribution in [2.45, 2.75) is 61.2 Å². The number of methoxy groups -OCH3 is 2. The number of aliphatic hydroxyl groups excluding tert-OH is 5. The van der Waals surface area contributed by atoms with E-state index in [1.54, 1.807) is 0 Å². The number of carbonyl (C=O) groups excluding carboxylic acids is 1. The third-order valence-electron chi connectivity index (χ3n) is 7.79. The van der Waals surface area contributed by atoms with Crippen molar-refractivity contribution in [3.63, 3.8) is 0 Å². The van der Waals surface area contributed by atoms with Gasteiger partial charge in [0.15, 0.2) is 29.7 Å². The molecule has 0 amide bonds. The molecule has 8 N–H and O–H groups in total. The van der Waals surface area contributed by atoms with Crippen molar-refractivity contribution >= 4 is 5.78 Å². The first-order chi connectivity index (χ1) is 20.9. The van der Waals surface area contributed by atoms with Crippen LogP contribution in [-0.4, -0.2) is 129 Å². The summed E-state index contributed by atoms with van der Waals surface area (Å²) < 4.78 is 38.9. The van der Waals surface area contributed by atoms with E-state index in [0.717, 1.165) is 0 Å². The first-order valence-electron chi connectivity index (χ1n) is 13.5. The Bertz CT molecular complexity index is 1370. The van der Waals surface area contributed by atoms with E-state index in [2.05, 4.69) is 0 Å². The molecule has 2 fully saturated rings. The molecule has 3 heterocycles. The van der Waals surface area contributed by atoms with E-state index in [1.807, 2.05) is 0 Å². The van der Waals surface area contributed by atoms with Crippen LogP contribution in [-0.2, 0) is 14.2 Å². The van der Waals surface area contributed by atoms with Crippen molar-refractivity contribution in [1.82, 2.24) is 0 Å². The topological polar surface area (TPSA) is 244 Å². The maximum absolute atomic E-state index is 12.9. The number of ether oxygens (including phenoxy) is 7. The average molecular weight is 627 g/mol. The highest BCUT2D eigenvalue weighted by atomic mass is 16.8. The monoisotopic (exact) mass is 626 g/mol. The van der Waals surface area contributed by atoms with E-state index in [1.165, 1.54) is 38.5 Å². The summed E-state index contributed by atoms with van der Waals surface area (Å²) in [5.74, 6) is -1.32. The molecular formula is C28H34O16. The van der Waals surface area contributed by atoms with Crippen LogP contribution in [0.1, 0.15) is 28.4 Å². The number of aromatic hydroxyl groups is 2. The molecule has 3 aliphatic rings. The SMILES string of the molecule is COc1cc(O)c2c(c1)O[C@H](c1cc(O)c(O[C@@H]3O[C@H](CO)[C@@H](O)[C@H](O)[C@H]3O[C@@H]3OC[C@](O)(CO)[C@H]3O)c(OC)c1)CC2=O. The summed E-state index contributed by atoms with van der Waals surface area (Å²) in [6.07, 6.45) is -12.6. The fraction of sp³-hybridized carbons (Fsp3) is 0.536. The van der Waals surface area contributed by atoms with Gasteiger partial charge in [0.05, 0.1) is 40.5 Å². The van der Waals surface area contributed by atoms with Crippen LogP contribution in [0.4, 0.5) is 0 Å². The number of fused-ring (bicyclic) bond motifs is 1. The van der Waals surface area contributed by atoms with Gasteiger partial charge in [-0.15, -0.1) is 0 Å². The summed E-state index contributed by atoms with van der Waals surface area (Å²) in [4.78, 5) is 12.9. The summed E-state index contributed by atoms with van der Waals surface area (Å²) in [5.41, 5.74) is -1.77. The van der Waals surface area contributed by atoms with Gasteiger partial charge in [0.1, 0.15) is 58.9 Å². The van der Waals surface area contributed by atoms with Crippen LogP contribution in [0, 0.1) is 0 Å². The van der Waals surface area contributed by atoms with E-state index >= 15 is 0 Å². The lowest BCUT2D eigenvalue weighted by Crippen LogP contribution is -2.62. The quantitative estimate of drug-likeness (QED) is 0.157. The molecular weight excluding hydrogens is 592 g/mol. The highest BCUT2D eigenvalue weighted by molar-refractivity contribution is 6.02. The summed E-state index contributed by atoms with van der Waals surface area (Å²) in [6, 6.07) is 5.38. The highest BCUT2D eigenvalue weighted by Crippen LogP contribution is 2.46. The number of phenols is 2. The molecule has 44 heavy (non-hydrogen) atoms. The number of benzene rings is 2. The summed E-state index contributed by atoms with van der Waals surface area (Å²) in [5, 5.41) is 82.4. The fourth-order valence-corrected chi connectivity index (χ4v) is 5.26. The predicted molar refractivity (Wildman–Crippen MR) is 143 cm³/mol. The van der Waals surface area contributed by atoms with E-state index in [9.17, 15) is 45.6 Å². The number of aliphatic hydroxyl groups is 6. The molecule has 2 aromatic carbocycles.